The molecule has 1 aromatic carbocycles. The molecule has 0 aliphatic rings. The van der Waals surface area contributed by atoms with Crippen molar-refractivity contribution in [1.29, 1.82) is 0 Å². The number of rotatable bonds is 6. The second-order valence-electron chi connectivity index (χ2n) is 4.60. The van der Waals surface area contributed by atoms with E-state index in [4.69, 9.17) is 4.74 Å². The third kappa shape index (κ3) is 4.13. The van der Waals surface area contributed by atoms with Crippen molar-refractivity contribution < 1.29 is 9.13 Å². The summed E-state index contributed by atoms with van der Waals surface area (Å²) in [5, 5.41) is 6.33. The van der Waals surface area contributed by atoms with Crippen molar-refractivity contribution in [3.05, 3.63) is 41.5 Å². The van der Waals surface area contributed by atoms with Gasteiger partial charge in [-0.15, -0.1) is 0 Å². The number of anilines is 3. The Balaban J connectivity index is 2.29. The van der Waals surface area contributed by atoms with Crippen LogP contribution in [0.1, 0.15) is 18.3 Å². The number of methoxy groups -OCH3 is 1. The van der Waals surface area contributed by atoms with Gasteiger partial charge in [-0.2, -0.15) is 0 Å². The minimum atomic E-state index is -0.255. The molecule has 0 saturated heterocycles. The molecule has 0 aliphatic heterocycles. The zero-order chi connectivity index (χ0) is 15.2. The van der Waals surface area contributed by atoms with Crippen LogP contribution in [0.2, 0.25) is 0 Å². The Bertz CT molecular complexity index is 594. The van der Waals surface area contributed by atoms with Gasteiger partial charge in [0.2, 0.25) is 0 Å². The normalized spacial score (nSPS) is 10.5. The second kappa shape index (κ2) is 6.99. The average molecular weight is 290 g/mol. The summed E-state index contributed by atoms with van der Waals surface area (Å²) in [5.74, 6) is 1.69. The molecule has 112 valence electrons. The Labute approximate surface area is 123 Å². The third-order valence-corrected chi connectivity index (χ3v) is 2.85. The first-order valence-electron chi connectivity index (χ1n) is 6.76. The molecule has 1 aromatic heterocycles. The average Bonchev–Trinajstić information content (AvgIpc) is 2.42. The number of nitrogens with one attached hydrogen (secondary N) is 2. The fraction of sp³-hybridized carbons (Fsp3) is 0.333. The first-order chi connectivity index (χ1) is 10.1. The molecule has 2 N–H and O–H groups in total. The number of aromatic nitrogens is 2. The third-order valence-electron chi connectivity index (χ3n) is 2.85. The first kappa shape index (κ1) is 15.2. The second-order valence-corrected chi connectivity index (χ2v) is 4.60. The molecule has 0 radical (unpaired) electrons. The highest BCUT2D eigenvalue weighted by atomic mass is 19.1. The molecule has 0 saturated carbocycles. The highest BCUT2D eigenvalue weighted by Crippen LogP contribution is 2.21. The smallest absolute Gasteiger partial charge is 0.158 e. The van der Waals surface area contributed by atoms with E-state index in [2.05, 4.69) is 20.6 Å². The zero-order valence-corrected chi connectivity index (χ0v) is 12.4. The molecule has 0 amide bonds. The molecule has 2 rings (SSSR count). The van der Waals surface area contributed by atoms with Crippen LogP contribution in [-0.2, 0) is 11.3 Å². The number of hydrogen-bond acceptors (Lipinski definition) is 5. The minimum absolute atomic E-state index is 0.255. The number of halogens is 1. The highest BCUT2D eigenvalue weighted by Gasteiger charge is 2.06. The minimum Gasteiger partial charge on any atom is -0.377 e. The van der Waals surface area contributed by atoms with E-state index in [1.165, 1.54) is 12.1 Å². The largest absolute Gasteiger partial charge is 0.377 e. The van der Waals surface area contributed by atoms with Gasteiger partial charge >= 0.3 is 0 Å². The van der Waals surface area contributed by atoms with Crippen molar-refractivity contribution in [2.45, 2.75) is 20.5 Å². The summed E-state index contributed by atoms with van der Waals surface area (Å²) in [6.45, 7) is 4.93. The Morgan fingerprint density at radius 2 is 1.95 bits per heavy atom. The summed E-state index contributed by atoms with van der Waals surface area (Å²) in [7, 11) is 1.60. The lowest BCUT2D eigenvalue weighted by Crippen LogP contribution is -2.07. The number of nitrogens with zero attached hydrogens (tertiary/aromatic N) is 2. The standard InChI is InChI=1S/C15H19FN4O/c1-4-17-13-8-14(20-15(19-13)9-21-3)18-12-6-5-11(16)7-10(12)2/h5-8H,4,9H2,1-3H3,(H2,17,18,19,20). The lowest BCUT2D eigenvalue weighted by Gasteiger charge is -2.12. The van der Waals surface area contributed by atoms with E-state index in [1.54, 1.807) is 13.2 Å². The van der Waals surface area contributed by atoms with Gasteiger partial charge in [0.15, 0.2) is 5.82 Å². The molecule has 0 fully saturated rings. The maximum absolute atomic E-state index is 13.1. The fourth-order valence-electron chi connectivity index (χ4n) is 1.93. The van der Waals surface area contributed by atoms with Gasteiger partial charge in [0, 0.05) is 25.4 Å². The van der Waals surface area contributed by atoms with Crippen molar-refractivity contribution in [1.82, 2.24) is 9.97 Å². The highest BCUT2D eigenvalue weighted by molar-refractivity contribution is 5.62. The molecule has 0 unspecified atom stereocenters. The fourth-order valence-corrected chi connectivity index (χ4v) is 1.93. The summed E-state index contributed by atoms with van der Waals surface area (Å²) < 4.78 is 18.2. The first-order valence-corrected chi connectivity index (χ1v) is 6.76. The molecule has 0 atom stereocenters. The van der Waals surface area contributed by atoms with Gasteiger partial charge in [-0.05, 0) is 37.6 Å². The van der Waals surface area contributed by atoms with Crippen LogP contribution in [0.5, 0.6) is 0 Å². The van der Waals surface area contributed by atoms with Gasteiger partial charge in [-0.25, -0.2) is 14.4 Å². The molecule has 5 nitrogen and oxygen atoms in total. The summed E-state index contributed by atoms with van der Waals surface area (Å²) in [5.41, 5.74) is 1.62. The quantitative estimate of drug-likeness (QED) is 0.855. The van der Waals surface area contributed by atoms with Gasteiger partial charge in [0.05, 0.1) is 0 Å². The molecule has 21 heavy (non-hydrogen) atoms. The van der Waals surface area contributed by atoms with E-state index < -0.39 is 0 Å². The monoisotopic (exact) mass is 290 g/mol. The van der Waals surface area contributed by atoms with Gasteiger partial charge in [0.25, 0.3) is 0 Å². The van der Waals surface area contributed by atoms with Crippen LogP contribution in [0.25, 0.3) is 0 Å². The molecule has 0 spiro atoms. The number of hydrogen-bond donors (Lipinski definition) is 2. The number of ether oxygens (including phenoxy) is 1. The van der Waals surface area contributed by atoms with Crippen LogP contribution < -0.4 is 10.6 Å². The number of aryl methyl sites for hydroxylation is 1. The van der Waals surface area contributed by atoms with E-state index in [9.17, 15) is 4.39 Å². The van der Waals surface area contributed by atoms with E-state index in [1.807, 2.05) is 19.9 Å². The molecule has 0 bridgehead atoms. The summed E-state index contributed by atoms with van der Waals surface area (Å²) >= 11 is 0. The molecule has 1 heterocycles. The summed E-state index contributed by atoms with van der Waals surface area (Å²) in [6.07, 6.45) is 0. The molecular formula is C15H19FN4O. The predicted molar refractivity (Wildman–Crippen MR) is 81.3 cm³/mol. The Morgan fingerprint density at radius 3 is 2.62 bits per heavy atom. The van der Waals surface area contributed by atoms with Crippen molar-refractivity contribution in [3.8, 4) is 0 Å². The lowest BCUT2D eigenvalue weighted by atomic mass is 10.2. The maximum atomic E-state index is 13.1. The van der Waals surface area contributed by atoms with E-state index in [0.29, 0.717) is 18.2 Å². The molecule has 2 aromatic rings. The van der Waals surface area contributed by atoms with Crippen molar-refractivity contribution in [3.63, 3.8) is 0 Å². The van der Waals surface area contributed by atoms with Crippen molar-refractivity contribution in [2.75, 3.05) is 24.3 Å². The predicted octanol–water partition coefficient (Wildman–Crippen LogP) is 3.25. The van der Waals surface area contributed by atoms with Crippen LogP contribution in [0.3, 0.4) is 0 Å². The summed E-state index contributed by atoms with van der Waals surface area (Å²) in [4.78, 5) is 8.73. The van der Waals surface area contributed by atoms with Crippen LogP contribution in [-0.4, -0.2) is 23.6 Å². The van der Waals surface area contributed by atoms with Crippen LogP contribution >= 0.6 is 0 Å². The SMILES string of the molecule is CCNc1cc(Nc2ccc(F)cc2C)nc(COC)n1. The Morgan fingerprint density at radius 1 is 1.19 bits per heavy atom. The topological polar surface area (TPSA) is 59.1 Å². The Hall–Kier alpha value is -2.21. The van der Waals surface area contributed by atoms with Crippen LogP contribution in [0.4, 0.5) is 21.7 Å². The van der Waals surface area contributed by atoms with Crippen molar-refractivity contribution in [2.24, 2.45) is 0 Å². The molecule has 6 heteroatoms. The Kier molecular flexibility index (Phi) is 5.05. The van der Waals surface area contributed by atoms with Gasteiger partial charge in [-0.1, -0.05) is 0 Å². The van der Waals surface area contributed by atoms with Gasteiger partial charge < -0.3 is 15.4 Å². The van der Waals surface area contributed by atoms with E-state index >= 15 is 0 Å². The summed E-state index contributed by atoms with van der Waals surface area (Å²) in [6, 6.07) is 6.39. The molecular weight excluding hydrogens is 271 g/mol. The lowest BCUT2D eigenvalue weighted by molar-refractivity contribution is 0.178. The molecule has 0 aliphatic carbocycles. The van der Waals surface area contributed by atoms with Crippen molar-refractivity contribution >= 4 is 17.3 Å². The number of benzene rings is 1. The zero-order valence-electron chi connectivity index (χ0n) is 12.4. The van der Waals surface area contributed by atoms with E-state index in [0.717, 1.165) is 23.6 Å². The van der Waals surface area contributed by atoms with Crippen LogP contribution in [0.15, 0.2) is 24.3 Å². The van der Waals surface area contributed by atoms with Gasteiger partial charge in [-0.3, -0.25) is 0 Å². The maximum Gasteiger partial charge on any atom is 0.158 e. The van der Waals surface area contributed by atoms with Crippen LogP contribution in [0, 0.1) is 12.7 Å². The van der Waals surface area contributed by atoms with E-state index in [-0.39, 0.29) is 5.82 Å². The van der Waals surface area contributed by atoms with Gasteiger partial charge in [0.1, 0.15) is 24.1 Å².